The van der Waals surface area contributed by atoms with Gasteiger partial charge in [0.05, 0.1) is 58.1 Å². The van der Waals surface area contributed by atoms with Crippen LogP contribution in [0, 0.1) is 17.1 Å². The number of nitrogens with zero attached hydrogens (tertiary/aromatic N) is 6. The molecule has 0 bridgehead atoms. The summed E-state index contributed by atoms with van der Waals surface area (Å²) in [7, 11) is 3.85. The van der Waals surface area contributed by atoms with Gasteiger partial charge in [-0.05, 0) is 25.2 Å². The number of aliphatic hydroxyl groups excluding tert-OH is 1. The summed E-state index contributed by atoms with van der Waals surface area (Å²) in [6.45, 7) is 1.59. The first kappa shape index (κ1) is 23.3. The Bertz CT molecular complexity index is 1600. The van der Waals surface area contributed by atoms with E-state index in [-0.39, 0.29) is 27.9 Å². The number of benzene rings is 1. The van der Waals surface area contributed by atoms with Crippen LogP contribution in [0.1, 0.15) is 16.7 Å². The molecule has 0 unspecified atom stereocenters. The summed E-state index contributed by atoms with van der Waals surface area (Å²) in [5.74, 6) is -0.100. The molecule has 2 aliphatic rings. The monoisotopic (exact) mass is 525 g/mol. The van der Waals surface area contributed by atoms with Gasteiger partial charge in [0, 0.05) is 35.6 Å². The number of nitrogen functional groups attached to an aromatic ring is 1. The van der Waals surface area contributed by atoms with Crippen molar-refractivity contribution in [2.75, 3.05) is 37.8 Å². The fraction of sp³-hybridized carbons (Fsp3) is 0.333. The predicted octanol–water partition coefficient (Wildman–Crippen LogP) is 3.29. The van der Waals surface area contributed by atoms with Gasteiger partial charge in [-0.25, -0.2) is 14.4 Å². The third-order valence-electron chi connectivity index (χ3n) is 6.94. The molecule has 1 aromatic carbocycles. The first-order valence-corrected chi connectivity index (χ1v) is 12.4. The molecule has 3 aromatic heterocycles. The Hall–Kier alpha value is -3.14. The number of β-amino-alcohol motifs (C(OH)–C–C–N with tert-alkyl or cyclic N) is 1. The zero-order valence-electron chi connectivity index (χ0n) is 19.4. The SMILES string of the molecule is CN(C)[C@@H]1CN(c2ncc3c4c(c(-c5ncc(F)c6sc(N)c(C#N)c56)c(Cl)c3n2)COC4)C[C@@H]1O. The molecule has 0 aliphatic carbocycles. The van der Waals surface area contributed by atoms with Crippen LogP contribution in [0.15, 0.2) is 12.4 Å². The molecule has 2 aliphatic heterocycles. The molecule has 1 saturated heterocycles. The minimum atomic E-state index is -0.551. The number of ether oxygens (including phenoxy) is 1. The quantitative estimate of drug-likeness (QED) is 0.414. The maximum absolute atomic E-state index is 14.7. The highest BCUT2D eigenvalue weighted by Crippen LogP contribution is 2.47. The van der Waals surface area contributed by atoms with Crippen LogP contribution < -0.4 is 10.6 Å². The number of hydrogen-bond donors (Lipinski definition) is 2. The Morgan fingerprint density at radius 3 is 2.78 bits per heavy atom. The van der Waals surface area contributed by atoms with Gasteiger partial charge in [0.15, 0.2) is 5.82 Å². The van der Waals surface area contributed by atoms with Crippen LogP contribution >= 0.6 is 22.9 Å². The lowest BCUT2D eigenvalue weighted by Crippen LogP contribution is -2.38. The standard InChI is InChI=1S/C24H21ClFN7O2S/c1-32(2)15-6-33(7-16(15)34)24-30-4-11-12-8-35-9-13(12)17(19(25)20(11)31-24)21-18-10(3-27)23(28)36-22(18)14(26)5-29-21/h4-5,15-16,34H,6-9,28H2,1-2H3/t15-,16+/m1/s1. The molecule has 184 valence electrons. The van der Waals surface area contributed by atoms with Crippen LogP contribution in [0.3, 0.4) is 0 Å². The number of nitriles is 1. The normalized spacial score (nSPS) is 19.5. The first-order valence-electron chi connectivity index (χ1n) is 11.2. The van der Waals surface area contributed by atoms with E-state index in [9.17, 15) is 14.8 Å². The summed E-state index contributed by atoms with van der Waals surface area (Å²) < 4.78 is 20.7. The second-order valence-corrected chi connectivity index (χ2v) is 10.6. The molecular weight excluding hydrogens is 505 g/mol. The molecule has 36 heavy (non-hydrogen) atoms. The fourth-order valence-corrected chi connectivity index (χ4v) is 6.40. The van der Waals surface area contributed by atoms with Gasteiger partial charge in [0.1, 0.15) is 11.1 Å². The molecule has 9 nitrogen and oxygen atoms in total. The Kier molecular flexibility index (Phi) is 5.47. The number of aliphatic hydroxyl groups is 1. The van der Waals surface area contributed by atoms with Crippen LogP contribution in [0.2, 0.25) is 5.02 Å². The summed E-state index contributed by atoms with van der Waals surface area (Å²) in [4.78, 5) is 17.7. The summed E-state index contributed by atoms with van der Waals surface area (Å²) >= 11 is 8.03. The Balaban J connectivity index is 1.59. The molecule has 0 amide bonds. The van der Waals surface area contributed by atoms with Gasteiger partial charge in [-0.1, -0.05) is 11.6 Å². The van der Waals surface area contributed by atoms with Crippen molar-refractivity contribution in [2.24, 2.45) is 0 Å². The molecule has 0 saturated carbocycles. The minimum Gasteiger partial charge on any atom is -0.390 e. The van der Waals surface area contributed by atoms with E-state index in [1.54, 1.807) is 6.20 Å². The van der Waals surface area contributed by atoms with Crippen molar-refractivity contribution in [3.05, 3.63) is 39.9 Å². The lowest BCUT2D eigenvalue weighted by Gasteiger charge is -2.21. The predicted molar refractivity (Wildman–Crippen MR) is 136 cm³/mol. The average molecular weight is 526 g/mol. The van der Waals surface area contributed by atoms with Crippen molar-refractivity contribution in [1.82, 2.24) is 19.9 Å². The summed E-state index contributed by atoms with van der Waals surface area (Å²) in [5.41, 5.74) is 9.33. The highest BCUT2D eigenvalue weighted by atomic mass is 35.5. The van der Waals surface area contributed by atoms with Gasteiger partial charge in [0.2, 0.25) is 5.95 Å². The molecule has 6 rings (SSSR count). The van der Waals surface area contributed by atoms with Gasteiger partial charge >= 0.3 is 0 Å². The van der Waals surface area contributed by atoms with Gasteiger partial charge < -0.3 is 25.4 Å². The number of pyridine rings is 1. The van der Waals surface area contributed by atoms with Crippen LogP contribution in [-0.2, 0) is 18.0 Å². The maximum atomic E-state index is 14.7. The average Bonchev–Trinajstić information content (AvgIpc) is 3.57. The number of hydrogen-bond acceptors (Lipinski definition) is 10. The minimum absolute atomic E-state index is 0.0473. The van der Waals surface area contributed by atoms with Gasteiger partial charge in [0.25, 0.3) is 0 Å². The highest BCUT2D eigenvalue weighted by Gasteiger charge is 2.35. The van der Waals surface area contributed by atoms with Gasteiger partial charge in [-0.3, -0.25) is 4.98 Å². The molecule has 3 N–H and O–H groups in total. The number of likely N-dealkylation sites (N-methyl/N-ethyl adjacent to an activating group) is 1. The molecule has 5 heterocycles. The van der Waals surface area contributed by atoms with E-state index in [1.807, 2.05) is 23.9 Å². The second kappa shape index (κ2) is 8.47. The number of rotatable bonds is 3. The molecule has 2 atom stereocenters. The lowest BCUT2D eigenvalue weighted by molar-refractivity contribution is 0.114. The molecule has 12 heteroatoms. The largest absolute Gasteiger partial charge is 0.390 e. The van der Waals surface area contributed by atoms with Crippen molar-refractivity contribution in [2.45, 2.75) is 25.4 Å². The number of aromatic nitrogens is 3. The molecule has 1 fully saturated rings. The van der Waals surface area contributed by atoms with Gasteiger partial charge in [-0.15, -0.1) is 11.3 Å². The number of thiophene rings is 1. The third-order valence-corrected chi connectivity index (χ3v) is 8.33. The van der Waals surface area contributed by atoms with E-state index >= 15 is 0 Å². The summed E-state index contributed by atoms with van der Waals surface area (Å²) in [6, 6.07) is 2.04. The number of anilines is 2. The lowest BCUT2D eigenvalue weighted by atomic mass is 9.94. The highest BCUT2D eigenvalue weighted by molar-refractivity contribution is 7.23. The van der Waals surface area contributed by atoms with E-state index in [0.29, 0.717) is 52.8 Å². The summed E-state index contributed by atoms with van der Waals surface area (Å²) in [5, 5.41) is 21.9. The maximum Gasteiger partial charge on any atom is 0.226 e. The van der Waals surface area contributed by atoms with Crippen LogP contribution in [0.4, 0.5) is 15.3 Å². The molecule has 0 spiro atoms. The van der Waals surface area contributed by atoms with Crippen molar-refractivity contribution >= 4 is 54.9 Å². The number of nitrogens with two attached hydrogens (primary N) is 1. The number of fused-ring (bicyclic) bond motifs is 4. The van der Waals surface area contributed by atoms with Crippen LogP contribution in [0.5, 0.6) is 0 Å². The fourth-order valence-electron chi connectivity index (χ4n) is 5.13. The zero-order chi connectivity index (χ0) is 25.3. The van der Waals surface area contributed by atoms with E-state index in [2.05, 4.69) is 16.0 Å². The zero-order valence-corrected chi connectivity index (χ0v) is 21.0. The van der Waals surface area contributed by atoms with Crippen LogP contribution in [-0.4, -0.2) is 64.3 Å². The summed E-state index contributed by atoms with van der Waals surface area (Å²) in [6.07, 6.45) is 2.31. The van der Waals surface area contributed by atoms with E-state index in [4.69, 9.17) is 27.1 Å². The first-order chi connectivity index (χ1) is 17.3. The van der Waals surface area contributed by atoms with Gasteiger partial charge in [-0.2, -0.15) is 5.26 Å². The Morgan fingerprint density at radius 2 is 2.06 bits per heavy atom. The van der Waals surface area contributed by atoms with Crippen molar-refractivity contribution in [1.29, 1.82) is 5.26 Å². The van der Waals surface area contributed by atoms with Crippen LogP contribution in [0.25, 0.3) is 32.2 Å². The van der Waals surface area contributed by atoms with E-state index in [1.165, 1.54) is 0 Å². The Labute approximate surface area is 214 Å². The topological polar surface area (TPSA) is 124 Å². The Morgan fingerprint density at radius 1 is 1.28 bits per heavy atom. The van der Waals surface area contributed by atoms with Crippen molar-refractivity contribution in [3.63, 3.8) is 0 Å². The number of halogens is 2. The molecule has 0 radical (unpaired) electrons. The third kappa shape index (κ3) is 3.33. The van der Waals surface area contributed by atoms with Crippen molar-refractivity contribution < 1.29 is 14.2 Å². The van der Waals surface area contributed by atoms with E-state index < -0.39 is 11.9 Å². The second-order valence-electron chi connectivity index (χ2n) is 9.19. The molecular formula is C24H21ClFN7O2S. The molecule has 4 aromatic rings. The smallest absolute Gasteiger partial charge is 0.226 e. The van der Waals surface area contributed by atoms with Crippen molar-refractivity contribution in [3.8, 4) is 17.3 Å². The van der Waals surface area contributed by atoms with E-state index in [0.717, 1.165) is 34.0 Å².